The second-order valence-electron chi connectivity index (χ2n) is 2.80. The minimum absolute atomic E-state index is 0.234. The lowest BCUT2D eigenvalue weighted by atomic mass is 10.2. The second-order valence-corrected chi connectivity index (χ2v) is 2.80. The van der Waals surface area contributed by atoms with Crippen molar-refractivity contribution in [1.29, 1.82) is 0 Å². The normalized spacial score (nSPS) is 11.6. The average molecular weight is 193 g/mol. The van der Waals surface area contributed by atoms with Crippen molar-refractivity contribution in [2.24, 2.45) is 4.99 Å². The quantitative estimate of drug-likeness (QED) is 0.317. The number of nitrogen functional groups attached to an aromatic ring is 1. The summed E-state index contributed by atoms with van der Waals surface area (Å²) in [4.78, 5) is 3.81. The van der Waals surface area contributed by atoms with Crippen LogP contribution in [0.25, 0.3) is 0 Å². The van der Waals surface area contributed by atoms with Gasteiger partial charge >= 0.3 is 0 Å². The Kier molecular flexibility index (Phi) is 3.94. The molecule has 0 saturated carbocycles. The molecule has 1 aromatic rings. The predicted octanol–water partition coefficient (Wildman–Crippen LogP) is 0.0221. The lowest BCUT2D eigenvalue weighted by molar-refractivity contribution is -0.213. The number of nitrogens with two attached hydrogens (primary N) is 1. The van der Waals surface area contributed by atoms with Crippen molar-refractivity contribution >= 4 is 11.6 Å². The van der Waals surface area contributed by atoms with Crippen LogP contribution in [0.5, 0.6) is 0 Å². The number of hydrogen-bond acceptors (Lipinski definition) is 4. The lowest BCUT2D eigenvalue weighted by Gasteiger charge is -2.10. The van der Waals surface area contributed by atoms with Crippen molar-refractivity contribution in [3.63, 3.8) is 0 Å². The zero-order valence-corrected chi connectivity index (χ0v) is 8.06. The molecule has 14 heavy (non-hydrogen) atoms. The average Bonchev–Trinajstić information content (AvgIpc) is 2.19. The molecule has 0 spiro atoms. The largest absolute Gasteiger partial charge is 0.858 e. The van der Waals surface area contributed by atoms with Gasteiger partial charge in [0.1, 0.15) is 0 Å². The minimum Gasteiger partial charge on any atom is -0.858 e. The monoisotopic (exact) mass is 193 g/mol. The fourth-order valence-corrected chi connectivity index (χ4v) is 0.955. The molecule has 0 aromatic heterocycles. The third-order valence-electron chi connectivity index (χ3n) is 1.71. The number of ether oxygens (including phenoxy) is 1. The molecule has 0 aliphatic rings. The maximum absolute atomic E-state index is 11.4. The zero-order valence-electron chi connectivity index (χ0n) is 8.06. The van der Waals surface area contributed by atoms with Gasteiger partial charge < -0.3 is 15.6 Å². The van der Waals surface area contributed by atoms with E-state index in [0.29, 0.717) is 24.4 Å². The fraction of sp³-hybridized carbons (Fsp3) is 0.300. The Morgan fingerprint density at radius 3 is 2.64 bits per heavy atom. The van der Waals surface area contributed by atoms with Crippen LogP contribution >= 0.6 is 0 Å². The van der Waals surface area contributed by atoms with Crippen LogP contribution in [0.3, 0.4) is 0 Å². The standard InChI is InChI=1S/C10H14N2O2/c1-14-7-6-12-10(13)8-2-4-9(11)5-3-8/h2-5H,6-7,11H2,1H3,(H,12,13)/p-1. The van der Waals surface area contributed by atoms with Gasteiger partial charge in [0.25, 0.3) is 0 Å². The third-order valence-corrected chi connectivity index (χ3v) is 1.71. The van der Waals surface area contributed by atoms with Gasteiger partial charge in [0.05, 0.1) is 13.2 Å². The summed E-state index contributed by atoms with van der Waals surface area (Å²) in [7, 11) is 1.57. The number of aliphatic imine (C=N–C) groups is 1. The molecule has 4 heteroatoms. The highest BCUT2D eigenvalue weighted by atomic mass is 16.5. The molecule has 0 saturated heterocycles. The van der Waals surface area contributed by atoms with Crippen LogP contribution in [0.1, 0.15) is 5.56 Å². The summed E-state index contributed by atoms with van der Waals surface area (Å²) in [5.41, 5.74) is 6.68. The van der Waals surface area contributed by atoms with Crippen LogP contribution in [0, 0.1) is 0 Å². The van der Waals surface area contributed by atoms with E-state index < -0.39 is 0 Å². The molecule has 0 aliphatic heterocycles. The van der Waals surface area contributed by atoms with Gasteiger partial charge in [-0.1, -0.05) is 12.1 Å². The van der Waals surface area contributed by atoms with Crippen molar-refractivity contribution < 1.29 is 9.84 Å². The summed E-state index contributed by atoms with van der Waals surface area (Å²) < 4.78 is 4.78. The van der Waals surface area contributed by atoms with E-state index in [0.717, 1.165) is 0 Å². The molecular formula is C10H13N2O2-. The van der Waals surface area contributed by atoms with E-state index in [2.05, 4.69) is 4.99 Å². The Bertz CT molecular complexity index is 306. The van der Waals surface area contributed by atoms with E-state index in [1.54, 1.807) is 31.4 Å². The van der Waals surface area contributed by atoms with E-state index in [-0.39, 0.29) is 5.90 Å². The molecule has 0 heterocycles. The van der Waals surface area contributed by atoms with Gasteiger partial charge in [-0.2, -0.15) is 0 Å². The Morgan fingerprint density at radius 1 is 1.43 bits per heavy atom. The molecular weight excluding hydrogens is 180 g/mol. The highest BCUT2D eigenvalue weighted by molar-refractivity contribution is 5.90. The number of nitrogens with zero attached hydrogens (tertiary/aromatic N) is 1. The molecule has 4 nitrogen and oxygen atoms in total. The summed E-state index contributed by atoms with van der Waals surface area (Å²) in [6, 6.07) is 6.68. The Labute approximate surface area is 83.0 Å². The summed E-state index contributed by atoms with van der Waals surface area (Å²) >= 11 is 0. The summed E-state index contributed by atoms with van der Waals surface area (Å²) in [5.74, 6) is -0.234. The molecule has 1 rings (SSSR count). The molecule has 1 aromatic carbocycles. The molecule has 76 valence electrons. The Balaban J connectivity index is 2.64. The molecule has 0 radical (unpaired) electrons. The zero-order chi connectivity index (χ0) is 10.4. The second kappa shape index (κ2) is 5.24. The number of hydrogen-bond donors (Lipinski definition) is 1. The third kappa shape index (κ3) is 3.06. The smallest absolute Gasteiger partial charge is 0.0657 e. The van der Waals surface area contributed by atoms with Crippen LogP contribution in [-0.2, 0) is 4.74 Å². The number of rotatable bonds is 4. The number of anilines is 1. The van der Waals surface area contributed by atoms with Crippen LogP contribution in [-0.4, -0.2) is 26.2 Å². The molecule has 2 N–H and O–H groups in total. The van der Waals surface area contributed by atoms with Crippen molar-refractivity contribution in [1.82, 2.24) is 0 Å². The van der Waals surface area contributed by atoms with Crippen LogP contribution in [0.2, 0.25) is 0 Å². The Hall–Kier alpha value is -1.55. The van der Waals surface area contributed by atoms with E-state index in [4.69, 9.17) is 10.5 Å². The van der Waals surface area contributed by atoms with E-state index >= 15 is 0 Å². The number of benzene rings is 1. The topological polar surface area (TPSA) is 70.7 Å². The summed E-state index contributed by atoms with van der Waals surface area (Å²) in [5, 5.41) is 11.4. The van der Waals surface area contributed by atoms with Crippen LogP contribution in [0.4, 0.5) is 5.69 Å². The lowest BCUT2D eigenvalue weighted by Crippen LogP contribution is -2.19. The maximum Gasteiger partial charge on any atom is 0.0657 e. The van der Waals surface area contributed by atoms with Gasteiger partial charge in [-0.15, -0.1) is 0 Å². The van der Waals surface area contributed by atoms with Gasteiger partial charge in [0, 0.05) is 12.8 Å². The van der Waals surface area contributed by atoms with E-state index in [1.165, 1.54) is 0 Å². The first-order valence-corrected chi connectivity index (χ1v) is 4.30. The molecule has 0 fully saturated rings. The van der Waals surface area contributed by atoms with Gasteiger partial charge in [-0.05, 0) is 23.6 Å². The summed E-state index contributed by atoms with van der Waals surface area (Å²) in [6.07, 6.45) is 0. The van der Waals surface area contributed by atoms with E-state index in [9.17, 15) is 5.11 Å². The highest BCUT2D eigenvalue weighted by Crippen LogP contribution is 2.04. The first kappa shape index (κ1) is 10.5. The van der Waals surface area contributed by atoms with Gasteiger partial charge in [-0.25, -0.2) is 0 Å². The maximum atomic E-state index is 11.4. The molecule has 0 aliphatic carbocycles. The first-order valence-electron chi connectivity index (χ1n) is 4.30. The fourth-order valence-electron chi connectivity index (χ4n) is 0.955. The Morgan fingerprint density at radius 2 is 2.07 bits per heavy atom. The van der Waals surface area contributed by atoms with Gasteiger partial charge in [0.2, 0.25) is 0 Å². The van der Waals surface area contributed by atoms with Gasteiger partial charge in [-0.3, -0.25) is 4.99 Å². The van der Waals surface area contributed by atoms with Crippen molar-refractivity contribution in [2.45, 2.75) is 0 Å². The van der Waals surface area contributed by atoms with Crippen molar-refractivity contribution in [3.05, 3.63) is 29.8 Å². The predicted molar refractivity (Wildman–Crippen MR) is 54.1 cm³/mol. The molecule has 0 unspecified atom stereocenters. The van der Waals surface area contributed by atoms with E-state index in [1.807, 2.05) is 0 Å². The van der Waals surface area contributed by atoms with Gasteiger partial charge in [0.15, 0.2) is 0 Å². The SMILES string of the molecule is COCCN=C([O-])c1ccc(N)cc1. The highest BCUT2D eigenvalue weighted by Gasteiger charge is 1.91. The molecule has 0 amide bonds. The number of methoxy groups -OCH3 is 1. The molecule has 0 atom stereocenters. The first-order chi connectivity index (χ1) is 6.74. The van der Waals surface area contributed by atoms with Crippen LogP contribution < -0.4 is 10.8 Å². The van der Waals surface area contributed by atoms with Crippen LogP contribution in [0.15, 0.2) is 29.3 Å². The summed E-state index contributed by atoms with van der Waals surface area (Å²) in [6.45, 7) is 0.848. The van der Waals surface area contributed by atoms with Crippen molar-refractivity contribution in [2.75, 3.05) is 26.0 Å². The van der Waals surface area contributed by atoms with Crippen molar-refractivity contribution in [3.8, 4) is 0 Å². The molecule has 0 bridgehead atoms. The minimum atomic E-state index is -0.234.